The van der Waals surface area contributed by atoms with Gasteiger partial charge in [0.05, 0.1) is 25.2 Å². The maximum atomic E-state index is 6.05. The maximum absolute atomic E-state index is 6.05. The van der Waals surface area contributed by atoms with Crippen LogP contribution in [0, 0.1) is 11.8 Å². The van der Waals surface area contributed by atoms with E-state index in [0.717, 1.165) is 61.6 Å². The summed E-state index contributed by atoms with van der Waals surface area (Å²) in [5.74, 6) is 1.17. The number of allylic oxidation sites excluding steroid dienone is 3. The van der Waals surface area contributed by atoms with Crippen LogP contribution in [0.1, 0.15) is 56.9 Å². The van der Waals surface area contributed by atoms with Gasteiger partial charge in [0.15, 0.2) is 0 Å². The van der Waals surface area contributed by atoms with Crippen molar-refractivity contribution in [2.45, 2.75) is 63.6 Å². The molecule has 0 spiro atoms. The average Bonchev–Trinajstić information content (AvgIpc) is 2.99. The number of aliphatic imine (C=N–C) groups is 1. The minimum absolute atomic E-state index is 0.170. The van der Waals surface area contributed by atoms with Gasteiger partial charge in [0.2, 0.25) is 0 Å². The van der Waals surface area contributed by atoms with Crippen LogP contribution >= 0.6 is 0 Å². The summed E-state index contributed by atoms with van der Waals surface area (Å²) >= 11 is 0. The molecule has 6 rings (SSSR count). The summed E-state index contributed by atoms with van der Waals surface area (Å²) < 4.78 is 5.44. The number of ether oxygens (including phenoxy) is 1. The highest BCUT2D eigenvalue weighted by Gasteiger charge is 2.28. The number of piperidine rings is 1. The Morgan fingerprint density at radius 3 is 2.58 bits per heavy atom. The summed E-state index contributed by atoms with van der Waals surface area (Å²) in [6, 6.07) is 3.03. The molecule has 3 fully saturated rings. The van der Waals surface area contributed by atoms with Gasteiger partial charge in [-0.05, 0) is 74.4 Å². The van der Waals surface area contributed by atoms with Gasteiger partial charge in [-0.3, -0.25) is 14.9 Å². The first-order valence-corrected chi connectivity index (χ1v) is 14.8. The molecule has 8 nitrogen and oxygen atoms in total. The van der Waals surface area contributed by atoms with Gasteiger partial charge < -0.3 is 26.0 Å². The van der Waals surface area contributed by atoms with E-state index in [4.69, 9.17) is 10.5 Å². The van der Waals surface area contributed by atoms with E-state index in [1.807, 2.05) is 19.4 Å². The third-order valence-electron chi connectivity index (χ3n) is 8.95. The minimum Gasteiger partial charge on any atom is -0.387 e. The topological polar surface area (TPSA) is 91.0 Å². The number of fused-ring (bicyclic) bond motifs is 1. The minimum atomic E-state index is -0.170. The van der Waals surface area contributed by atoms with E-state index >= 15 is 0 Å². The monoisotopic (exact) mass is 521 g/mol. The number of pyridine rings is 1. The van der Waals surface area contributed by atoms with Crippen LogP contribution in [0.3, 0.4) is 0 Å². The molecule has 0 radical (unpaired) electrons. The van der Waals surface area contributed by atoms with Crippen molar-refractivity contribution in [3.05, 3.63) is 41.9 Å². The van der Waals surface area contributed by atoms with Gasteiger partial charge in [-0.25, -0.2) is 0 Å². The van der Waals surface area contributed by atoms with E-state index in [2.05, 4.69) is 48.6 Å². The Balaban J connectivity index is 0.000000155. The first kappa shape index (κ1) is 27.3. The van der Waals surface area contributed by atoms with E-state index in [0.29, 0.717) is 0 Å². The number of nitrogens with two attached hydrogens (primary N) is 1. The normalized spacial score (nSPS) is 27.3. The Morgan fingerprint density at radius 2 is 1.82 bits per heavy atom. The molecule has 3 aliphatic heterocycles. The molecule has 2 atom stereocenters. The number of likely N-dealkylation sites (tertiary alicyclic amines) is 1. The number of hydrogen-bond acceptors (Lipinski definition) is 8. The van der Waals surface area contributed by atoms with Gasteiger partial charge in [0, 0.05) is 56.7 Å². The van der Waals surface area contributed by atoms with Crippen LogP contribution in [0.25, 0.3) is 5.57 Å². The molecular weight excluding hydrogens is 474 g/mol. The van der Waals surface area contributed by atoms with Crippen LogP contribution in [-0.4, -0.2) is 86.3 Å². The van der Waals surface area contributed by atoms with Crippen LogP contribution in [0.5, 0.6) is 0 Å². The molecule has 4 heterocycles. The van der Waals surface area contributed by atoms with E-state index in [1.165, 1.54) is 70.2 Å². The molecule has 38 heavy (non-hydrogen) atoms. The number of morpholine rings is 1. The number of hydrogen-bond donors (Lipinski definition) is 3. The first-order chi connectivity index (χ1) is 18.7. The van der Waals surface area contributed by atoms with E-state index in [1.54, 1.807) is 6.34 Å². The Morgan fingerprint density at radius 1 is 1.03 bits per heavy atom. The summed E-state index contributed by atoms with van der Waals surface area (Å²) in [5, 5.41) is 6.27. The lowest BCUT2D eigenvalue weighted by Gasteiger charge is -2.40. The molecule has 0 bridgehead atoms. The molecular formula is C30H47N7O. The second-order valence-electron chi connectivity index (χ2n) is 11.4. The Kier molecular flexibility index (Phi) is 9.84. The predicted octanol–water partition coefficient (Wildman–Crippen LogP) is 3.69. The van der Waals surface area contributed by atoms with Crippen molar-refractivity contribution >= 4 is 17.6 Å². The first-order valence-electron chi connectivity index (χ1n) is 14.8. The van der Waals surface area contributed by atoms with Crippen LogP contribution in [0.4, 0.5) is 5.69 Å². The second kappa shape index (κ2) is 13.7. The molecule has 1 aromatic heterocycles. The quantitative estimate of drug-likeness (QED) is 0.544. The van der Waals surface area contributed by atoms with Gasteiger partial charge in [0.1, 0.15) is 6.17 Å². The van der Waals surface area contributed by atoms with Crippen molar-refractivity contribution in [3.63, 3.8) is 0 Å². The number of rotatable bonds is 5. The van der Waals surface area contributed by atoms with Crippen LogP contribution in [-0.2, 0) is 4.74 Å². The molecule has 1 saturated carbocycles. The summed E-state index contributed by atoms with van der Waals surface area (Å²) in [7, 11) is 1.89. The fraction of sp³-hybridized carbons (Fsp3) is 0.667. The molecule has 5 aliphatic rings. The highest BCUT2D eigenvalue weighted by molar-refractivity contribution is 5.72. The molecule has 2 aliphatic carbocycles. The van der Waals surface area contributed by atoms with E-state index < -0.39 is 0 Å². The van der Waals surface area contributed by atoms with Gasteiger partial charge in [-0.1, -0.05) is 25.3 Å². The van der Waals surface area contributed by atoms with Crippen molar-refractivity contribution in [3.8, 4) is 0 Å². The molecule has 0 amide bonds. The lowest BCUT2D eigenvalue weighted by molar-refractivity contribution is 0.0209. The Hall–Kier alpha value is -2.26. The molecule has 4 N–H and O–H groups in total. The van der Waals surface area contributed by atoms with Crippen LogP contribution in [0.2, 0.25) is 0 Å². The zero-order chi connectivity index (χ0) is 26.2. The van der Waals surface area contributed by atoms with Crippen molar-refractivity contribution in [1.29, 1.82) is 0 Å². The fourth-order valence-electron chi connectivity index (χ4n) is 6.55. The smallest absolute Gasteiger partial charge is 0.107 e. The standard InChI is InChI=1S/C16H30N2O.C14H17N5/c1-2-4-16(5-3-1)18-8-6-15(7-9-18)14-17-10-12-19-13-11-17;1-16-11-4-10(6-17-7-11)9-2-3-13-12(5-9)14(15)19-8-18-13/h15-16H,1-14H2;2-4,6-8,12,14,16H,5,15H2,1H3,(H,18,19). The van der Waals surface area contributed by atoms with Gasteiger partial charge in [0.25, 0.3) is 0 Å². The zero-order valence-corrected chi connectivity index (χ0v) is 23.2. The summed E-state index contributed by atoms with van der Waals surface area (Å²) in [6.45, 7) is 8.24. The molecule has 8 heteroatoms. The van der Waals surface area contributed by atoms with Gasteiger partial charge in [-0.15, -0.1) is 0 Å². The SMILES string of the molecule is C1CCC(N2CCC(CN3CCOCC3)CC2)CC1.CNc1cncc(C2=CC=C3NC=NC(N)C3C2)c1. The lowest BCUT2D eigenvalue weighted by Crippen LogP contribution is -2.46. The summed E-state index contributed by atoms with van der Waals surface area (Å²) in [5.41, 5.74) is 10.6. The van der Waals surface area contributed by atoms with Crippen molar-refractivity contribution < 1.29 is 4.74 Å². The Labute approximate surface area is 228 Å². The van der Waals surface area contributed by atoms with E-state index in [9.17, 15) is 0 Å². The highest BCUT2D eigenvalue weighted by atomic mass is 16.5. The van der Waals surface area contributed by atoms with Crippen molar-refractivity contribution in [1.82, 2.24) is 20.1 Å². The lowest BCUT2D eigenvalue weighted by atomic mass is 9.86. The molecule has 0 aromatic carbocycles. The average molecular weight is 522 g/mol. The number of aromatic nitrogens is 1. The van der Waals surface area contributed by atoms with Crippen LogP contribution < -0.4 is 16.4 Å². The van der Waals surface area contributed by atoms with Gasteiger partial charge in [-0.2, -0.15) is 0 Å². The highest BCUT2D eigenvalue weighted by Crippen LogP contribution is 2.33. The fourth-order valence-corrected chi connectivity index (χ4v) is 6.55. The number of nitrogens with one attached hydrogen (secondary N) is 2. The Bertz CT molecular complexity index is 973. The zero-order valence-electron chi connectivity index (χ0n) is 23.2. The van der Waals surface area contributed by atoms with E-state index in [-0.39, 0.29) is 12.1 Å². The summed E-state index contributed by atoms with van der Waals surface area (Å²) in [6.07, 6.45) is 20.5. The maximum Gasteiger partial charge on any atom is 0.107 e. The third-order valence-corrected chi connectivity index (χ3v) is 8.95. The third kappa shape index (κ3) is 7.23. The van der Waals surface area contributed by atoms with Crippen molar-refractivity contribution in [2.75, 3.05) is 58.3 Å². The summed E-state index contributed by atoms with van der Waals surface area (Å²) in [4.78, 5) is 13.9. The largest absolute Gasteiger partial charge is 0.387 e. The molecule has 208 valence electrons. The van der Waals surface area contributed by atoms with Crippen LogP contribution in [0.15, 0.2) is 41.3 Å². The number of anilines is 1. The van der Waals surface area contributed by atoms with Crippen molar-refractivity contribution in [2.24, 2.45) is 22.6 Å². The predicted molar refractivity (Wildman–Crippen MR) is 156 cm³/mol. The number of nitrogens with zero attached hydrogens (tertiary/aromatic N) is 4. The molecule has 2 unspecified atom stereocenters. The van der Waals surface area contributed by atoms with Gasteiger partial charge >= 0.3 is 0 Å². The molecule has 2 saturated heterocycles. The second-order valence-corrected chi connectivity index (χ2v) is 11.4. The molecule has 1 aromatic rings.